The van der Waals surface area contributed by atoms with Gasteiger partial charge in [-0.1, -0.05) is 42.5 Å². The Hall–Kier alpha value is -3.74. The maximum absolute atomic E-state index is 12.3. The molecule has 0 atom stereocenters. The van der Waals surface area contributed by atoms with Crippen molar-refractivity contribution in [1.29, 1.82) is 0 Å². The first kappa shape index (κ1) is 18.1. The van der Waals surface area contributed by atoms with Crippen molar-refractivity contribution < 1.29 is 19.4 Å². The number of hydrazine groups is 1. The third kappa shape index (κ3) is 4.09. The Balaban J connectivity index is 1.66. The highest BCUT2D eigenvalue weighted by Crippen LogP contribution is 2.28. The fourth-order valence-corrected chi connectivity index (χ4v) is 2.62. The molecule has 138 valence electrons. The Morgan fingerprint density at radius 3 is 2.52 bits per heavy atom. The van der Waals surface area contributed by atoms with Crippen LogP contribution in [-0.2, 0) is 0 Å². The van der Waals surface area contributed by atoms with Gasteiger partial charge in [-0.15, -0.1) is 0 Å². The van der Waals surface area contributed by atoms with Gasteiger partial charge in [0.2, 0.25) is 0 Å². The van der Waals surface area contributed by atoms with Crippen LogP contribution in [0.2, 0.25) is 0 Å². The summed E-state index contributed by atoms with van der Waals surface area (Å²) in [5.74, 6) is -0.255. The van der Waals surface area contributed by atoms with Crippen molar-refractivity contribution in [3.05, 3.63) is 66.2 Å². The molecule has 0 bridgehead atoms. The summed E-state index contributed by atoms with van der Waals surface area (Å²) in [5, 5.41) is 14.3. The van der Waals surface area contributed by atoms with Gasteiger partial charge in [0, 0.05) is 5.39 Å². The number of anilines is 1. The number of phenols is 1. The second kappa shape index (κ2) is 8.09. The smallest absolute Gasteiger partial charge is 0.338 e. The van der Waals surface area contributed by atoms with Gasteiger partial charge >= 0.3 is 6.03 Å². The molecule has 0 fully saturated rings. The van der Waals surface area contributed by atoms with Crippen LogP contribution >= 0.6 is 0 Å². The van der Waals surface area contributed by atoms with Gasteiger partial charge in [0.1, 0.15) is 11.5 Å². The van der Waals surface area contributed by atoms with Crippen LogP contribution in [-0.4, -0.2) is 23.7 Å². The van der Waals surface area contributed by atoms with E-state index in [-0.39, 0.29) is 11.3 Å². The SMILES string of the molecule is CCOc1ccccc1NC(=O)NNC(=O)c1ccc2ccccc2c1O. The number of nitrogens with one attached hydrogen (secondary N) is 3. The van der Waals surface area contributed by atoms with Crippen LogP contribution in [0.3, 0.4) is 0 Å². The van der Waals surface area contributed by atoms with Crippen LogP contribution in [0.5, 0.6) is 11.5 Å². The molecule has 4 N–H and O–H groups in total. The molecule has 7 heteroatoms. The van der Waals surface area contributed by atoms with Crippen molar-refractivity contribution in [1.82, 2.24) is 10.9 Å². The molecular formula is C20H19N3O4. The quantitative estimate of drug-likeness (QED) is 0.532. The van der Waals surface area contributed by atoms with Gasteiger partial charge in [-0.05, 0) is 30.5 Å². The summed E-state index contributed by atoms with van der Waals surface area (Å²) in [6, 6.07) is 16.7. The van der Waals surface area contributed by atoms with E-state index in [1.54, 1.807) is 42.5 Å². The van der Waals surface area contributed by atoms with Crippen molar-refractivity contribution in [2.45, 2.75) is 6.92 Å². The molecule has 0 saturated heterocycles. The lowest BCUT2D eigenvalue weighted by Gasteiger charge is -2.13. The number of phenolic OH excluding ortho intramolecular Hbond substituents is 1. The van der Waals surface area contributed by atoms with Crippen molar-refractivity contribution in [2.24, 2.45) is 0 Å². The maximum atomic E-state index is 12.3. The van der Waals surface area contributed by atoms with Crippen molar-refractivity contribution in [2.75, 3.05) is 11.9 Å². The van der Waals surface area contributed by atoms with Crippen molar-refractivity contribution in [3.8, 4) is 11.5 Å². The lowest BCUT2D eigenvalue weighted by Crippen LogP contribution is -2.44. The fourth-order valence-electron chi connectivity index (χ4n) is 2.62. The number of carbonyl (C=O) groups excluding carboxylic acids is 2. The Bertz CT molecular complexity index is 988. The monoisotopic (exact) mass is 365 g/mol. The van der Waals surface area contributed by atoms with Crippen molar-refractivity contribution >= 4 is 28.4 Å². The number of para-hydroxylation sites is 2. The zero-order chi connectivity index (χ0) is 19.2. The minimum atomic E-state index is -0.643. The van der Waals surface area contributed by atoms with Gasteiger partial charge in [-0.3, -0.25) is 10.2 Å². The maximum Gasteiger partial charge on any atom is 0.338 e. The molecule has 3 aromatic carbocycles. The number of hydrogen-bond donors (Lipinski definition) is 4. The highest BCUT2D eigenvalue weighted by molar-refractivity contribution is 6.04. The van der Waals surface area contributed by atoms with E-state index in [1.807, 2.05) is 19.1 Å². The van der Waals surface area contributed by atoms with E-state index in [0.29, 0.717) is 23.4 Å². The predicted molar refractivity (Wildman–Crippen MR) is 103 cm³/mol. The van der Waals surface area contributed by atoms with Gasteiger partial charge in [0.25, 0.3) is 5.91 Å². The summed E-state index contributed by atoms with van der Waals surface area (Å²) in [7, 11) is 0. The minimum Gasteiger partial charge on any atom is -0.506 e. The zero-order valence-corrected chi connectivity index (χ0v) is 14.7. The van der Waals surface area contributed by atoms with E-state index >= 15 is 0 Å². The highest BCUT2D eigenvalue weighted by Gasteiger charge is 2.15. The van der Waals surface area contributed by atoms with E-state index in [9.17, 15) is 14.7 Å². The molecule has 27 heavy (non-hydrogen) atoms. The van der Waals surface area contributed by atoms with Gasteiger partial charge in [0.15, 0.2) is 0 Å². The van der Waals surface area contributed by atoms with E-state index in [1.165, 1.54) is 6.07 Å². The van der Waals surface area contributed by atoms with E-state index in [4.69, 9.17) is 4.74 Å². The van der Waals surface area contributed by atoms with Crippen LogP contribution in [0.1, 0.15) is 17.3 Å². The average molecular weight is 365 g/mol. The lowest BCUT2D eigenvalue weighted by atomic mass is 10.1. The van der Waals surface area contributed by atoms with Crippen molar-refractivity contribution in [3.63, 3.8) is 0 Å². The Morgan fingerprint density at radius 2 is 1.70 bits per heavy atom. The summed E-state index contributed by atoms with van der Waals surface area (Å²) in [6.07, 6.45) is 0. The molecule has 0 unspecified atom stereocenters. The molecule has 0 aromatic heterocycles. The summed E-state index contributed by atoms with van der Waals surface area (Å²) < 4.78 is 5.43. The molecule has 3 amide bonds. The molecule has 7 nitrogen and oxygen atoms in total. The van der Waals surface area contributed by atoms with Crippen LogP contribution in [0, 0.1) is 0 Å². The molecular weight excluding hydrogens is 346 g/mol. The summed E-state index contributed by atoms with van der Waals surface area (Å²) in [6.45, 7) is 2.30. The van der Waals surface area contributed by atoms with Crippen LogP contribution in [0.25, 0.3) is 10.8 Å². The first-order valence-corrected chi connectivity index (χ1v) is 8.40. The average Bonchev–Trinajstić information content (AvgIpc) is 2.68. The summed E-state index contributed by atoms with van der Waals surface area (Å²) >= 11 is 0. The van der Waals surface area contributed by atoms with Gasteiger partial charge in [-0.25, -0.2) is 10.2 Å². The third-order valence-corrected chi connectivity index (χ3v) is 3.87. The normalized spacial score (nSPS) is 10.3. The van der Waals surface area contributed by atoms with Gasteiger partial charge in [0.05, 0.1) is 17.9 Å². The molecule has 0 spiro atoms. The topological polar surface area (TPSA) is 99.7 Å². The number of benzene rings is 3. The summed E-state index contributed by atoms with van der Waals surface area (Å²) in [4.78, 5) is 24.3. The molecule has 0 aliphatic heterocycles. The van der Waals surface area contributed by atoms with E-state index < -0.39 is 11.9 Å². The predicted octanol–water partition coefficient (Wildman–Crippen LogP) is 3.41. The largest absolute Gasteiger partial charge is 0.506 e. The van der Waals surface area contributed by atoms with Crippen LogP contribution < -0.4 is 20.9 Å². The molecule has 3 aromatic rings. The molecule has 0 aliphatic carbocycles. The molecule has 0 saturated carbocycles. The number of urea groups is 1. The number of rotatable bonds is 4. The second-order valence-corrected chi connectivity index (χ2v) is 5.65. The first-order chi connectivity index (χ1) is 13.1. The molecule has 0 radical (unpaired) electrons. The van der Waals surface area contributed by atoms with E-state index in [2.05, 4.69) is 16.2 Å². The summed E-state index contributed by atoms with van der Waals surface area (Å²) in [5.41, 5.74) is 5.06. The first-order valence-electron chi connectivity index (χ1n) is 8.40. The standard InChI is InChI=1S/C20H19N3O4/c1-2-27-17-10-6-5-9-16(17)21-20(26)23-22-19(25)15-12-11-13-7-3-4-8-14(13)18(15)24/h3-12,24H,2H2,1H3,(H,22,25)(H2,21,23,26). The number of hydrogen-bond acceptors (Lipinski definition) is 4. The van der Waals surface area contributed by atoms with Crippen LogP contribution in [0.15, 0.2) is 60.7 Å². The molecule has 0 heterocycles. The van der Waals surface area contributed by atoms with Gasteiger partial charge < -0.3 is 15.2 Å². The van der Waals surface area contributed by atoms with E-state index in [0.717, 1.165) is 5.39 Å². The Kier molecular flexibility index (Phi) is 5.41. The second-order valence-electron chi connectivity index (χ2n) is 5.65. The Labute approximate surface area is 155 Å². The number of ether oxygens (including phenoxy) is 1. The number of fused-ring (bicyclic) bond motifs is 1. The van der Waals surface area contributed by atoms with Gasteiger partial charge in [-0.2, -0.15) is 0 Å². The number of aromatic hydroxyl groups is 1. The third-order valence-electron chi connectivity index (χ3n) is 3.87. The molecule has 3 rings (SSSR count). The zero-order valence-electron chi connectivity index (χ0n) is 14.7. The molecule has 0 aliphatic rings. The minimum absolute atomic E-state index is 0.0590. The van der Waals surface area contributed by atoms with Crippen LogP contribution in [0.4, 0.5) is 10.5 Å². The fraction of sp³-hybridized carbons (Fsp3) is 0.100. The number of carbonyl (C=O) groups is 2. The highest BCUT2D eigenvalue weighted by atomic mass is 16.5. The number of amides is 3. The lowest BCUT2D eigenvalue weighted by molar-refractivity contribution is 0.0935. The Morgan fingerprint density at radius 1 is 0.963 bits per heavy atom.